The molecule has 0 heterocycles. The van der Waals surface area contributed by atoms with Gasteiger partial charge in [-0.1, -0.05) is 26.3 Å². The van der Waals surface area contributed by atoms with E-state index in [0.717, 1.165) is 12.0 Å². The first kappa shape index (κ1) is 20.2. The molecule has 4 rings (SSSR count). The summed E-state index contributed by atoms with van der Waals surface area (Å²) in [5.74, 6) is -0.616. The topological polar surface area (TPSA) is 115 Å². The van der Waals surface area contributed by atoms with Gasteiger partial charge in [0.2, 0.25) is 0 Å². The third-order valence-electron chi connectivity index (χ3n) is 9.00. The number of aliphatic hydroxyl groups is 4. The van der Waals surface area contributed by atoms with Crippen LogP contribution in [0.15, 0.2) is 11.6 Å². The molecule has 6 nitrogen and oxygen atoms in total. The Hall–Kier alpha value is -1.08. The Morgan fingerprint density at radius 3 is 2.57 bits per heavy atom. The van der Waals surface area contributed by atoms with E-state index >= 15 is 0 Å². The number of Topliss-reactive ketones (excluding diaryl/α,β-unsaturated/α-hetero) is 1. The van der Waals surface area contributed by atoms with E-state index in [9.17, 15) is 30.0 Å². The van der Waals surface area contributed by atoms with Gasteiger partial charge in [-0.3, -0.25) is 9.59 Å². The number of carbonyl (C=O) groups is 2. The monoisotopic (exact) mass is 392 g/mol. The van der Waals surface area contributed by atoms with Gasteiger partial charge in [-0.25, -0.2) is 0 Å². The van der Waals surface area contributed by atoms with Gasteiger partial charge in [0.15, 0.2) is 17.2 Å². The first-order chi connectivity index (χ1) is 13.0. The predicted molar refractivity (Wildman–Crippen MR) is 101 cm³/mol. The average Bonchev–Trinajstić information content (AvgIpc) is 2.83. The number of carbonyl (C=O) groups excluding carboxylic acids is 2. The molecule has 0 radical (unpaired) electrons. The normalized spacial score (nSPS) is 53.1. The highest BCUT2D eigenvalue weighted by molar-refractivity contribution is 5.92. The minimum Gasteiger partial charge on any atom is -0.393 e. The van der Waals surface area contributed by atoms with Gasteiger partial charge in [-0.2, -0.15) is 0 Å². The molecule has 3 fully saturated rings. The lowest BCUT2D eigenvalue weighted by atomic mass is 9.44. The largest absolute Gasteiger partial charge is 0.393 e. The second kappa shape index (κ2) is 6.21. The minimum absolute atomic E-state index is 0.0364. The summed E-state index contributed by atoms with van der Waals surface area (Å²) in [4.78, 5) is 24.5. The SMILES string of the molecule is C[C@H]1C[C@@H]2[C@H]([C@@H](O)C[C@@]3(C)[C@H]2C[C@@H](O)[C@]3(O)C(=O)CO)[C@@]2(C)CCC(=O)C=C12. The number of hydrogen-bond donors (Lipinski definition) is 4. The van der Waals surface area contributed by atoms with Crippen LogP contribution in [0.4, 0.5) is 0 Å². The van der Waals surface area contributed by atoms with Crippen LogP contribution in [0.2, 0.25) is 0 Å². The van der Waals surface area contributed by atoms with E-state index in [1.165, 1.54) is 0 Å². The smallest absolute Gasteiger partial charge is 0.192 e. The quantitative estimate of drug-likeness (QED) is 0.557. The fourth-order valence-corrected chi connectivity index (χ4v) is 7.76. The standard InChI is InChI=1S/C22H32O6/c1-11-6-13-15-8-17(26)22(28,18(27)10-23)21(15,3)9-16(25)19(13)20(2)5-4-12(24)7-14(11)20/h7,11,13,15-17,19,23,25-26,28H,4-6,8-10H2,1-3H3/t11-,13-,15-,16-,17+,19+,20-,21-,22-/m0/s1. The molecule has 0 aromatic rings. The minimum atomic E-state index is -2.04. The van der Waals surface area contributed by atoms with Crippen LogP contribution in [0.3, 0.4) is 0 Å². The van der Waals surface area contributed by atoms with Gasteiger partial charge in [0.1, 0.15) is 6.61 Å². The highest BCUT2D eigenvalue weighted by Gasteiger charge is 2.71. The first-order valence-electron chi connectivity index (χ1n) is 10.5. The maximum Gasteiger partial charge on any atom is 0.192 e. The molecular formula is C22H32O6. The van der Waals surface area contributed by atoms with Crippen LogP contribution in [-0.2, 0) is 9.59 Å². The van der Waals surface area contributed by atoms with Crippen LogP contribution in [-0.4, -0.2) is 56.4 Å². The molecule has 28 heavy (non-hydrogen) atoms. The van der Waals surface area contributed by atoms with E-state index in [1.54, 1.807) is 13.0 Å². The van der Waals surface area contributed by atoms with Crippen LogP contribution in [0.5, 0.6) is 0 Å². The molecule has 4 aliphatic rings. The van der Waals surface area contributed by atoms with Crippen molar-refractivity contribution in [2.24, 2.45) is 34.5 Å². The highest BCUT2D eigenvalue weighted by Crippen LogP contribution is 2.68. The van der Waals surface area contributed by atoms with E-state index < -0.39 is 35.6 Å². The van der Waals surface area contributed by atoms with Gasteiger partial charge in [-0.05, 0) is 60.8 Å². The Labute approximate surface area is 165 Å². The predicted octanol–water partition coefficient (Wildman–Crippen LogP) is 0.998. The first-order valence-corrected chi connectivity index (χ1v) is 10.5. The maximum atomic E-state index is 12.5. The van der Waals surface area contributed by atoms with Gasteiger partial charge in [0.05, 0.1) is 12.2 Å². The van der Waals surface area contributed by atoms with Crippen LogP contribution < -0.4 is 0 Å². The number of ketones is 2. The summed E-state index contributed by atoms with van der Waals surface area (Å²) >= 11 is 0. The van der Waals surface area contributed by atoms with Crippen molar-refractivity contribution >= 4 is 11.6 Å². The molecule has 4 N–H and O–H groups in total. The van der Waals surface area contributed by atoms with E-state index in [0.29, 0.717) is 12.8 Å². The maximum absolute atomic E-state index is 12.5. The lowest BCUT2D eigenvalue weighted by Crippen LogP contribution is -2.64. The van der Waals surface area contributed by atoms with Crippen molar-refractivity contribution in [2.45, 2.75) is 70.7 Å². The van der Waals surface area contributed by atoms with Gasteiger partial charge >= 0.3 is 0 Å². The molecule has 0 amide bonds. The van der Waals surface area contributed by atoms with Crippen molar-refractivity contribution in [3.63, 3.8) is 0 Å². The molecule has 0 aliphatic heterocycles. The Bertz CT molecular complexity index is 745. The fraction of sp³-hybridized carbons (Fsp3) is 0.818. The third-order valence-corrected chi connectivity index (χ3v) is 9.00. The van der Waals surface area contributed by atoms with Crippen molar-refractivity contribution in [3.05, 3.63) is 11.6 Å². The summed E-state index contributed by atoms with van der Waals surface area (Å²) < 4.78 is 0. The molecule has 0 saturated heterocycles. The zero-order valence-corrected chi connectivity index (χ0v) is 16.9. The van der Waals surface area contributed by atoms with Crippen molar-refractivity contribution in [3.8, 4) is 0 Å². The van der Waals surface area contributed by atoms with Crippen molar-refractivity contribution in [1.82, 2.24) is 0 Å². The molecule has 4 aliphatic carbocycles. The summed E-state index contributed by atoms with van der Waals surface area (Å²) in [6.45, 7) is 5.20. The van der Waals surface area contributed by atoms with Gasteiger partial charge in [-0.15, -0.1) is 0 Å². The average molecular weight is 392 g/mol. The number of hydrogen-bond acceptors (Lipinski definition) is 6. The summed E-state index contributed by atoms with van der Waals surface area (Å²) in [6.07, 6.45) is 2.19. The summed E-state index contributed by atoms with van der Waals surface area (Å²) in [5, 5.41) is 42.6. The van der Waals surface area contributed by atoms with E-state index in [2.05, 4.69) is 13.8 Å². The summed E-state index contributed by atoms with van der Waals surface area (Å²) in [6, 6.07) is 0. The van der Waals surface area contributed by atoms with Crippen molar-refractivity contribution in [2.75, 3.05) is 6.61 Å². The number of rotatable bonds is 2. The molecular weight excluding hydrogens is 360 g/mol. The van der Waals surface area contributed by atoms with E-state index in [-0.39, 0.29) is 47.7 Å². The highest BCUT2D eigenvalue weighted by atomic mass is 16.4. The van der Waals surface area contributed by atoms with Crippen LogP contribution in [0.25, 0.3) is 0 Å². The van der Waals surface area contributed by atoms with Crippen LogP contribution in [0.1, 0.15) is 52.9 Å². The number of fused-ring (bicyclic) bond motifs is 5. The Morgan fingerprint density at radius 1 is 1.25 bits per heavy atom. The second-order valence-corrected chi connectivity index (χ2v) is 10.2. The number of allylic oxidation sites excluding steroid dienone is 1. The molecule has 156 valence electrons. The Kier molecular flexibility index (Phi) is 4.48. The molecule has 9 atom stereocenters. The zero-order valence-electron chi connectivity index (χ0n) is 16.9. The Balaban J connectivity index is 1.80. The van der Waals surface area contributed by atoms with Crippen LogP contribution in [0, 0.1) is 34.5 Å². The van der Waals surface area contributed by atoms with E-state index in [4.69, 9.17) is 0 Å². The fourth-order valence-electron chi connectivity index (χ4n) is 7.76. The molecule has 3 saturated carbocycles. The van der Waals surface area contributed by atoms with Crippen molar-refractivity contribution in [1.29, 1.82) is 0 Å². The molecule has 6 heteroatoms. The molecule has 0 aromatic carbocycles. The molecule has 0 aromatic heterocycles. The third kappa shape index (κ3) is 2.29. The van der Waals surface area contributed by atoms with Crippen LogP contribution >= 0.6 is 0 Å². The Morgan fingerprint density at radius 2 is 1.93 bits per heavy atom. The van der Waals surface area contributed by atoms with Crippen molar-refractivity contribution < 1.29 is 30.0 Å². The van der Waals surface area contributed by atoms with E-state index in [1.807, 2.05) is 0 Å². The molecule has 0 unspecified atom stereocenters. The van der Waals surface area contributed by atoms with Gasteiger partial charge in [0.25, 0.3) is 0 Å². The molecule has 0 bridgehead atoms. The second-order valence-electron chi connectivity index (χ2n) is 10.2. The van der Waals surface area contributed by atoms with Gasteiger partial charge < -0.3 is 20.4 Å². The number of aliphatic hydroxyl groups excluding tert-OH is 3. The lowest BCUT2D eigenvalue weighted by Gasteiger charge is -2.61. The zero-order chi connectivity index (χ0) is 20.6. The molecule has 0 spiro atoms. The van der Waals surface area contributed by atoms with Gasteiger partial charge in [0, 0.05) is 11.8 Å². The summed E-state index contributed by atoms with van der Waals surface area (Å²) in [7, 11) is 0. The summed E-state index contributed by atoms with van der Waals surface area (Å²) in [5.41, 5.74) is -2.20. The lowest BCUT2D eigenvalue weighted by molar-refractivity contribution is -0.194.